The second-order valence-electron chi connectivity index (χ2n) is 7.35. The number of nitrogens with zero attached hydrogens (tertiary/aromatic N) is 2. The number of benzene rings is 2. The molecular formula is C22H21FN2O3S. The molecule has 2 aromatic carbocycles. The van der Waals surface area contributed by atoms with Crippen LogP contribution in [0.1, 0.15) is 36.3 Å². The molecule has 1 saturated heterocycles. The van der Waals surface area contributed by atoms with Crippen LogP contribution < -0.4 is 0 Å². The molecule has 150 valence electrons. The van der Waals surface area contributed by atoms with Crippen LogP contribution in [0.5, 0.6) is 0 Å². The first-order valence-electron chi connectivity index (χ1n) is 9.57. The topological polar surface area (TPSA) is 81.4 Å². The van der Waals surface area contributed by atoms with E-state index in [1.807, 2.05) is 24.3 Å². The summed E-state index contributed by atoms with van der Waals surface area (Å²) in [7, 11) is -4.12. The van der Waals surface area contributed by atoms with Crippen molar-refractivity contribution in [3.8, 4) is 6.07 Å². The van der Waals surface area contributed by atoms with Crippen LogP contribution in [0.15, 0.2) is 59.5 Å². The Labute approximate surface area is 169 Å². The first-order valence-corrected chi connectivity index (χ1v) is 11.0. The summed E-state index contributed by atoms with van der Waals surface area (Å²) >= 11 is 0. The lowest BCUT2D eigenvalue weighted by atomic mass is 9.75. The van der Waals surface area contributed by atoms with Gasteiger partial charge in [0.25, 0.3) is 0 Å². The fraction of sp³-hybridized carbons (Fsp3) is 0.318. The molecule has 5 nitrogen and oxygen atoms in total. The predicted molar refractivity (Wildman–Crippen MR) is 107 cm³/mol. The molecule has 0 amide bonds. The molecule has 0 aromatic heterocycles. The second-order valence-corrected chi connectivity index (χ2v) is 9.19. The minimum Gasteiger partial charge on any atom is -0.395 e. The highest BCUT2D eigenvalue weighted by Gasteiger charge is 2.55. The Balaban J connectivity index is 1.75. The highest BCUT2D eigenvalue weighted by atomic mass is 32.2. The highest BCUT2D eigenvalue weighted by Crippen LogP contribution is 2.46. The molecule has 1 heterocycles. The van der Waals surface area contributed by atoms with Crippen LogP contribution >= 0.6 is 0 Å². The van der Waals surface area contributed by atoms with Gasteiger partial charge in [0.2, 0.25) is 10.0 Å². The Bertz CT molecular complexity index is 1110. The third-order valence-electron chi connectivity index (χ3n) is 5.75. The molecule has 4 rings (SSSR count). The standard InChI is InChI=1S/C22H21FN2O3S/c23-16-8-5-9-17(12-16)29(27,28)25-20(13-24)22(21(25)14-26)19-11-4-3-10-18(19)15-6-1-2-7-15/h3-6,8-12,20-22,26H,1-2,7,14H2/t20-,21-,22+/m0/s1. The summed E-state index contributed by atoms with van der Waals surface area (Å²) in [5.74, 6) is -1.12. The molecule has 3 atom stereocenters. The van der Waals surface area contributed by atoms with Crippen LogP contribution in [0.4, 0.5) is 4.39 Å². The fourth-order valence-electron chi connectivity index (χ4n) is 4.41. The van der Waals surface area contributed by atoms with Crippen LogP contribution in [0.2, 0.25) is 0 Å². The summed E-state index contributed by atoms with van der Waals surface area (Å²) in [6.45, 7) is -0.426. The van der Waals surface area contributed by atoms with E-state index in [1.165, 1.54) is 17.7 Å². The van der Waals surface area contributed by atoms with Crippen LogP contribution in [0.3, 0.4) is 0 Å². The van der Waals surface area contributed by atoms with Crippen molar-refractivity contribution in [3.63, 3.8) is 0 Å². The average Bonchev–Trinajstić information content (AvgIpc) is 3.23. The molecule has 0 radical (unpaired) electrons. The van der Waals surface area contributed by atoms with Gasteiger partial charge in [-0.2, -0.15) is 9.57 Å². The number of hydrogen-bond acceptors (Lipinski definition) is 4. The molecule has 1 fully saturated rings. The van der Waals surface area contributed by atoms with Gasteiger partial charge in [0.1, 0.15) is 11.9 Å². The number of rotatable bonds is 5. The van der Waals surface area contributed by atoms with Crippen molar-refractivity contribution in [2.24, 2.45) is 0 Å². The van der Waals surface area contributed by atoms with E-state index in [0.717, 1.165) is 46.8 Å². The lowest BCUT2D eigenvalue weighted by Crippen LogP contribution is -2.65. The molecule has 7 heteroatoms. The van der Waals surface area contributed by atoms with E-state index >= 15 is 0 Å². The maximum atomic E-state index is 13.6. The fourth-order valence-corrected chi connectivity index (χ4v) is 6.20. The molecule has 2 aliphatic rings. The van der Waals surface area contributed by atoms with Gasteiger partial charge in [0.15, 0.2) is 0 Å². The number of aliphatic hydroxyl groups is 1. The van der Waals surface area contributed by atoms with Crippen LogP contribution in [0, 0.1) is 17.1 Å². The van der Waals surface area contributed by atoms with Gasteiger partial charge in [0.05, 0.1) is 23.6 Å². The van der Waals surface area contributed by atoms with Gasteiger partial charge in [-0.3, -0.25) is 0 Å². The Morgan fingerprint density at radius 1 is 1.21 bits per heavy atom. The van der Waals surface area contributed by atoms with E-state index in [0.29, 0.717) is 0 Å². The first-order chi connectivity index (χ1) is 14.0. The van der Waals surface area contributed by atoms with E-state index in [9.17, 15) is 23.2 Å². The zero-order valence-corrected chi connectivity index (χ0v) is 16.5. The zero-order valence-electron chi connectivity index (χ0n) is 15.7. The predicted octanol–water partition coefficient (Wildman–Crippen LogP) is 3.43. The average molecular weight is 412 g/mol. The van der Waals surface area contributed by atoms with Crippen molar-refractivity contribution in [2.45, 2.75) is 42.2 Å². The second kappa shape index (κ2) is 7.71. The third kappa shape index (κ3) is 3.27. The van der Waals surface area contributed by atoms with Crippen molar-refractivity contribution in [3.05, 3.63) is 71.6 Å². The van der Waals surface area contributed by atoms with Gasteiger partial charge < -0.3 is 5.11 Å². The number of sulfonamides is 1. The molecule has 2 aromatic rings. The molecule has 1 aliphatic carbocycles. The van der Waals surface area contributed by atoms with Crippen molar-refractivity contribution < 1.29 is 17.9 Å². The molecule has 29 heavy (non-hydrogen) atoms. The van der Waals surface area contributed by atoms with E-state index < -0.39 is 40.4 Å². The quantitative estimate of drug-likeness (QED) is 0.816. The van der Waals surface area contributed by atoms with Crippen LogP contribution in [-0.2, 0) is 10.0 Å². The van der Waals surface area contributed by atoms with E-state index in [-0.39, 0.29) is 4.90 Å². The SMILES string of the molecule is N#C[C@H]1[C@@H](c2ccccc2C2=CCCC2)[C@H](CO)N1S(=O)(=O)c1cccc(F)c1. The molecule has 0 unspecified atom stereocenters. The van der Waals surface area contributed by atoms with Crippen molar-refractivity contribution in [1.82, 2.24) is 4.31 Å². The Hall–Kier alpha value is -2.53. The Morgan fingerprint density at radius 3 is 2.66 bits per heavy atom. The summed E-state index contributed by atoms with van der Waals surface area (Å²) in [5, 5.41) is 19.8. The van der Waals surface area contributed by atoms with Crippen LogP contribution in [-0.4, -0.2) is 36.5 Å². The molecule has 1 aliphatic heterocycles. The van der Waals surface area contributed by atoms with Crippen molar-refractivity contribution in [1.29, 1.82) is 5.26 Å². The molecule has 0 saturated carbocycles. The summed E-state index contributed by atoms with van der Waals surface area (Å²) < 4.78 is 40.8. The Kier molecular flexibility index (Phi) is 5.26. The van der Waals surface area contributed by atoms with Crippen LogP contribution in [0.25, 0.3) is 5.57 Å². The summed E-state index contributed by atoms with van der Waals surface area (Å²) in [6, 6.07) is 12.7. The van der Waals surface area contributed by atoms with E-state index in [4.69, 9.17) is 0 Å². The maximum Gasteiger partial charge on any atom is 0.244 e. The number of aliphatic hydroxyl groups excluding tert-OH is 1. The maximum absolute atomic E-state index is 13.6. The van der Waals surface area contributed by atoms with Gasteiger partial charge in [-0.15, -0.1) is 0 Å². The highest BCUT2D eigenvalue weighted by molar-refractivity contribution is 7.89. The van der Waals surface area contributed by atoms with Gasteiger partial charge in [-0.25, -0.2) is 12.8 Å². The number of halogens is 1. The summed E-state index contributed by atoms with van der Waals surface area (Å²) in [5.41, 5.74) is 3.08. The van der Waals surface area contributed by atoms with Gasteiger partial charge in [0, 0.05) is 5.92 Å². The largest absolute Gasteiger partial charge is 0.395 e. The molecule has 1 N–H and O–H groups in total. The van der Waals surface area contributed by atoms with Crippen molar-refractivity contribution in [2.75, 3.05) is 6.61 Å². The monoisotopic (exact) mass is 412 g/mol. The molecule has 0 spiro atoms. The van der Waals surface area contributed by atoms with E-state index in [1.54, 1.807) is 0 Å². The minimum absolute atomic E-state index is 0.221. The summed E-state index contributed by atoms with van der Waals surface area (Å²) in [4.78, 5) is -0.221. The zero-order chi connectivity index (χ0) is 20.6. The number of hydrogen-bond donors (Lipinski definition) is 1. The lowest BCUT2D eigenvalue weighted by molar-refractivity contribution is 0.0555. The van der Waals surface area contributed by atoms with Gasteiger partial charge >= 0.3 is 0 Å². The number of allylic oxidation sites excluding steroid dienone is 2. The summed E-state index contributed by atoms with van der Waals surface area (Å²) in [6.07, 6.45) is 5.18. The molecule has 0 bridgehead atoms. The van der Waals surface area contributed by atoms with E-state index in [2.05, 4.69) is 12.1 Å². The molecular weight excluding hydrogens is 391 g/mol. The van der Waals surface area contributed by atoms with Crippen molar-refractivity contribution >= 4 is 15.6 Å². The minimum atomic E-state index is -4.12. The third-order valence-corrected chi connectivity index (χ3v) is 7.66. The Morgan fingerprint density at radius 2 is 2.00 bits per heavy atom. The normalized spacial score (nSPS) is 24.6. The lowest BCUT2D eigenvalue weighted by Gasteiger charge is -2.50. The van der Waals surface area contributed by atoms with Gasteiger partial charge in [-0.05, 0) is 54.2 Å². The first kappa shape index (κ1) is 19.8. The van der Waals surface area contributed by atoms with Gasteiger partial charge in [-0.1, -0.05) is 36.4 Å². The smallest absolute Gasteiger partial charge is 0.244 e. The number of nitriles is 1.